The zero-order valence-corrected chi connectivity index (χ0v) is 6.06. The summed E-state index contributed by atoms with van der Waals surface area (Å²) in [5.74, 6) is -0.906. The zero-order valence-electron chi connectivity index (χ0n) is 6.06. The lowest BCUT2D eigenvalue weighted by atomic mass is 10.5. The lowest BCUT2D eigenvalue weighted by molar-refractivity contribution is -0.161. The van der Waals surface area contributed by atoms with Crippen LogP contribution in [0.25, 0.3) is 0 Å². The third-order valence-electron chi connectivity index (χ3n) is 1.03. The molecule has 5 nitrogen and oxygen atoms in total. The number of hydrogen-bond donors (Lipinski definition) is 1. The first-order valence-electron chi connectivity index (χ1n) is 2.78. The molecule has 0 saturated heterocycles. The molecule has 0 spiro atoms. The number of carbonyl (C=O) groups excluding carboxylic acids is 2. The molecule has 5 heteroatoms. The van der Waals surface area contributed by atoms with E-state index in [1.807, 2.05) is 0 Å². The zero-order chi connectivity index (χ0) is 8.85. The second-order valence-corrected chi connectivity index (χ2v) is 1.63. The van der Waals surface area contributed by atoms with E-state index < -0.39 is 12.2 Å². The summed E-state index contributed by atoms with van der Waals surface area (Å²) in [6, 6.07) is 0. The Kier molecular flexibility index (Phi) is 3.90. The van der Waals surface area contributed by atoms with E-state index in [0.29, 0.717) is 4.90 Å². The van der Waals surface area contributed by atoms with Crippen molar-refractivity contribution in [2.45, 2.75) is 6.23 Å². The molecule has 11 heavy (non-hydrogen) atoms. The molecule has 1 N–H and O–H groups in total. The van der Waals surface area contributed by atoms with E-state index in [9.17, 15) is 9.59 Å². The fraction of sp³-hybridized carbons (Fsp3) is 0.333. The van der Waals surface area contributed by atoms with Crippen LogP contribution in [0, 0.1) is 0 Å². The molecule has 0 aromatic heterocycles. The van der Waals surface area contributed by atoms with Gasteiger partial charge in [-0.3, -0.25) is 9.69 Å². The first kappa shape index (κ1) is 9.64. The average molecular weight is 159 g/mol. The third-order valence-corrected chi connectivity index (χ3v) is 1.03. The molecular weight excluding hydrogens is 150 g/mol. The minimum Gasteiger partial charge on any atom is -0.466 e. The van der Waals surface area contributed by atoms with Crippen molar-refractivity contribution in [3.63, 3.8) is 0 Å². The molecule has 1 atom stereocenters. The average Bonchev–Trinajstić information content (AvgIpc) is 2.05. The van der Waals surface area contributed by atoms with Gasteiger partial charge >= 0.3 is 5.97 Å². The molecule has 0 saturated carbocycles. The van der Waals surface area contributed by atoms with Crippen LogP contribution in [0.1, 0.15) is 0 Å². The van der Waals surface area contributed by atoms with Crippen LogP contribution in [-0.4, -0.2) is 35.7 Å². The van der Waals surface area contributed by atoms with Crippen LogP contribution in [0.5, 0.6) is 0 Å². The number of esters is 1. The second-order valence-electron chi connectivity index (χ2n) is 1.63. The highest BCUT2D eigenvalue weighted by Gasteiger charge is 2.20. The lowest BCUT2D eigenvalue weighted by Crippen LogP contribution is -2.37. The monoisotopic (exact) mass is 159 g/mol. The number of carbonyl (C=O) groups is 2. The van der Waals surface area contributed by atoms with Crippen molar-refractivity contribution in [1.82, 2.24) is 4.90 Å². The Bertz CT molecular complexity index is 160. The lowest BCUT2D eigenvalue weighted by Gasteiger charge is -2.16. The summed E-state index contributed by atoms with van der Waals surface area (Å²) in [7, 11) is 1.11. The summed E-state index contributed by atoms with van der Waals surface area (Å²) in [6.07, 6.45) is -0.307. The Labute approximate surface area is 63.9 Å². The molecule has 0 aliphatic carbocycles. The van der Waals surface area contributed by atoms with Crippen LogP contribution in [0.2, 0.25) is 0 Å². The molecule has 0 bridgehead atoms. The van der Waals surface area contributed by atoms with Gasteiger partial charge in [0.2, 0.25) is 12.6 Å². The molecule has 0 fully saturated rings. The number of ether oxygens (including phenoxy) is 1. The van der Waals surface area contributed by atoms with Crippen molar-refractivity contribution >= 4 is 12.4 Å². The number of amides is 1. The van der Waals surface area contributed by atoms with E-state index >= 15 is 0 Å². The van der Waals surface area contributed by atoms with Gasteiger partial charge < -0.3 is 9.84 Å². The minimum absolute atomic E-state index is 0.272. The highest BCUT2D eigenvalue weighted by Crippen LogP contribution is 1.94. The Balaban J connectivity index is 4.18. The van der Waals surface area contributed by atoms with E-state index in [2.05, 4.69) is 11.3 Å². The molecule has 0 aliphatic rings. The van der Waals surface area contributed by atoms with Crippen molar-refractivity contribution in [1.29, 1.82) is 0 Å². The maximum Gasteiger partial charge on any atom is 0.356 e. The van der Waals surface area contributed by atoms with Crippen LogP contribution in [0.3, 0.4) is 0 Å². The quantitative estimate of drug-likeness (QED) is 0.327. The number of aliphatic hydroxyl groups is 1. The van der Waals surface area contributed by atoms with Gasteiger partial charge in [-0.2, -0.15) is 0 Å². The molecule has 1 unspecified atom stereocenters. The Hall–Kier alpha value is -1.36. The normalized spacial score (nSPS) is 11.5. The number of aliphatic hydroxyl groups excluding tert-OH is 1. The first-order chi connectivity index (χ1) is 5.17. The van der Waals surface area contributed by atoms with Gasteiger partial charge in [0.25, 0.3) is 0 Å². The van der Waals surface area contributed by atoms with Crippen LogP contribution in [0.4, 0.5) is 0 Å². The standard InChI is InChI=1S/C6H9NO4/c1-3-7(4-8)5(9)6(10)11-2/h3-5,9H,1H2,2H3. The third kappa shape index (κ3) is 2.38. The second kappa shape index (κ2) is 4.45. The van der Waals surface area contributed by atoms with Gasteiger partial charge in [-0.25, -0.2) is 4.79 Å². The smallest absolute Gasteiger partial charge is 0.356 e. The van der Waals surface area contributed by atoms with Gasteiger partial charge in [-0.1, -0.05) is 6.58 Å². The summed E-state index contributed by atoms with van der Waals surface area (Å²) in [6.45, 7) is 3.20. The number of methoxy groups -OCH3 is 1. The highest BCUT2D eigenvalue weighted by molar-refractivity contribution is 5.76. The fourth-order valence-corrected chi connectivity index (χ4v) is 0.428. The maximum absolute atomic E-state index is 10.6. The van der Waals surface area contributed by atoms with Crippen LogP contribution < -0.4 is 0 Å². The van der Waals surface area contributed by atoms with E-state index in [4.69, 9.17) is 5.11 Å². The topological polar surface area (TPSA) is 66.8 Å². The van der Waals surface area contributed by atoms with E-state index in [1.54, 1.807) is 0 Å². The summed E-state index contributed by atoms with van der Waals surface area (Å²) in [5, 5.41) is 8.93. The molecule has 0 radical (unpaired) electrons. The van der Waals surface area contributed by atoms with Crippen molar-refractivity contribution in [3.05, 3.63) is 12.8 Å². The molecule has 0 aromatic carbocycles. The number of rotatable bonds is 4. The van der Waals surface area contributed by atoms with Gasteiger partial charge in [-0.15, -0.1) is 0 Å². The summed E-state index contributed by atoms with van der Waals surface area (Å²) < 4.78 is 4.16. The van der Waals surface area contributed by atoms with E-state index in [1.165, 1.54) is 0 Å². The van der Waals surface area contributed by atoms with Gasteiger partial charge in [0.15, 0.2) is 0 Å². The molecule has 1 amide bonds. The summed E-state index contributed by atoms with van der Waals surface area (Å²) in [4.78, 5) is 21.3. The Morgan fingerprint density at radius 2 is 2.36 bits per heavy atom. The molecule has 0 heterocycles. The van der Waals surface area contributed by atoms with E-state index in [-0.39, 0.29) is 6.41 Å². The van der Waals surface area contributed by atoms with Crippen molar-refractivity contribution in [3.8, 4) is 0 Å². The van der Waals surface area contributed by atoms with Crippen molar-refractivity contribution in [2.75, 3.05) is 7.11 Å². The molecule has 0 aliphatic heterocycles. The Morgan fingerprint density at radius 3 is 2.64 bits per heavy atom. The van der Waals surface area contributed by atoms with Gasteiger partial charge in [-0.05, 0) is 0 Å². The number of hydrogen-bond acceptors (Lipinski definition) is 4. The number of nitrogens with zero attached hydrogens (tertiary/aromatic N) is 1. The Morgan fingerprint density at radius 1 is 1.82 bits per heavy atom. The highest BCUT2D eigenvalue weighted by atomic mass is 16.5. The molecular formula is C6H9NO4. The first-order valence-corrected chi connectivity index (χ1v) is 2.78. The van der Waals surface area contributed by atoms with Gasteiger partial charge in [0, 0.05) is 6.20 Å². The summed E-state index contributed by atoms with van der Waals surface area (Å²) in [5.41, 5.74) is 0. The maximum atomic E-state index is 10.6. The largest absolute Gasteiger partial charge is 0.466 e. The molecule has 0 rings (SSSR count). The fourth-order valence-electron chi connectivity index (χ4n) is 0.428. The minimum atomic E-state index is -1.60. The van der Waals surface area contributed by atoms with Crippen LogP contribution in [0.15, 0.2) is 12.8 Å². The molecule has 62 valence electrons. The predicted molar refractivity (Wildman–Crippen MR) is 36.1 cm³/mol. The predicted octanol–water partition coefficient (Wildman–Crippen LogP) is -0.920. The SMILES string of the molecule is C=CN(C=O)C(O)C(=O)OC. The molecule has 0 aromatic rings. The summed E-state index contributed by atoms with van der Waals surface area (Å²) >= 11 is 0. The van der Waals surface area contributed by atoms with Crippen LogP contribution >= 0.6 is 0 Å². The van der Waals surface area contributed by atoms with Gasteiger partial charge in [0.1, 0.15) is 0 Å². The van der Waals surface area contributed by atoms with E-state index in [0.717, 1.165) is 13.3 Å². The van der Waals surface area contributed by atoms with Crippen molar-refractivity contribution in [2.24, 2.45) is 0 Å². The van der Waals surface area contributed by atoms with Crippen molar-refractivity contribution < 1.29 is 19.4 Å². The van der Waals surface area contributed by atoms with Gasteiger partial charge in [0.05, 0.1) is 7.11 Å². The van der Waals surface area contributed by atoms with Crippen LogP contribution in [-0.2, 0) is 14.3 Å².